The van der Waals surface area contributed by atoms with Crippen LogP contribution >= 0.6 is 0 Å². The van der Waals surface area contributed by atoms with Crippen LogP contribution in [0.5, 0.6) is 0 Å². The Morgan fingerprint density at radius 3 is 2.77 bits per heavy atom. The number of rotatable bonds is 4. The van der Waals surface area contributed by atoms with Crippen molar-refractivity contribution in [3.63, 3.8) is 0 Å². The van der Waals surface area contributed by atoms with Crippen molar-refractivity contribution < 1.29 is 0 Å². The summed E-state index contributed by atoms with van der Waals surface area (Å²) in [4.78, 5) is 4.02. The molecule has 0 aliphatic rings. The Morgan fingerprint density at radius 2 is 2.23 bits per heavy atom. The summed E-state index contributed by atoms with van der Waals surface area (Å²) in [5.74, 6) is 0.580. The first-order valence-corrected chi connectivity index (χ1v) is 4.64. The molecule has 0 saturated carbocycles. The Hall–Kier alpha value is -1.09. The molecule has 0 fully saturated rings. The summed E-state index contributed by atoms with van der Waals surface area (Å²) >= 11 is 0. The maximum atomic E-state index is 5.65. The Labute approximate surface area is 79.2 Å². The molecule has 1 aromatic rings. The molecule has 0 amide bonds. The zero-order valence-electron chi connectivity index (χ0n) is 8.03. The molecule has 1 rings (SSSR count). The van der Waals surface area contributed by atoms with E-state index in [1.807, 2.05) is 25.3 Å². The van der Waals surface area contributed by atoms with Gasteiger partial charge in [0.25, 0.3) is 0 Å². The van der Waals surface area contributed by atoms with Gasteiger partial charge in [-0.1, -0.05) is 6.07 Å². The molecule has 0 aromatic carbocycles. The minimum atomic E-state index is 0.293. The smallest absolute Gasteiger partial charge is 0.123 e. The van der Waals surface area contributed by atoms with Gasteiger partial charge in [-0.2, -0.15) is 0 Å². The van der Waals surface area contributed by atoms with E-state index in [0.29, 0.717) is 11.9 Å². The minimum Gasteiger partial charge on any atom is -0.384 e. The number of hydrogen-bond donors (Lipinski definition) is 2. The number of nitrogens with two attached hydrogens (primary N) is 2. The van der Waals surface area contributed by atoms with Gasteiger partial charge in [0.05, 0.1) is 0 Å². The van der Waals surface area contributed by atoms with Crippen molar-refractivity contribution in [2.24, 2.45) is 5.73 Å². The number of nitrogen functional groups attached to an aromatic ring is 1. The van der Waals surface area contributed by atoms with Crippen LogP contribution in [0.15, 0.2) is 18.3 Å². The highest BCUT2D eigenvalue weighted by molar-refractivity contribution is 5.29. The van der Waals surface area contributed by atoms with Crippen LogP contribution in [0.2, 0.25) is 0 Å². The molecule has 0 aliphatic carbocycles. The Balaban J connectivity index is 2.33. The summed E-state index contributed by atoms with van der Waals surface area (Å²) in [7, 11) is 0. The molecule has 13 heavy (non-hydrogen) atoms. The van der Waals surface area contributed by atoms with Gasteiger partial charge in [0, 0.05) is 12.2 Å². The van der Waals surface area contributed by atoms with Gasteiger partial charge in [-0.05, 0) is 37.8 Å². The molecule has 3 nitrogen and oxygen atoms in total. The summed E-state index contributed by atoms with van der Waals surface area (Å²) in [5.41, 5.74) is 12.3. The van der Waals surface area contributed by atoms with Crippen molar-refractivity contribution >= 4 is 5.82 Å². The van der Waals surface area contributed by atoms with Gasteiger partial charge in [0.1, 0.15) is 5.82 Å². The first kappa shape index (κ1) is 9.99. The predicted molar refractivity (Wildman–Crippen MR) is 55.2 cm³/mol. The highest BCUT2D eigenvalue weighted by Gasteiger charge is 1.96. The average Bonchev–Trinajstić information content (AvgIpc) is 2.08. The molecule has 1 heterocycles. The molecule has 0 radical (unpaired) electrons. The molecular formula is C10H17N3. The third kappa shape index (κ3) is 3.90. The van der Waals surface area contributed by atoms with Crippen molar-refractivity contribution in [3.05, 3.63) is 23.9 Å². The molecule has 72 valence electrons. The van der Waals surface area contributed by atoms with Crippen LogP contribution in [0.3, 0.4) is 0 Å². The number of hydrogen-bond acceptors (Lipinski definition) is 3. The van der Waals surface area contributed by atoms with Crippen LogP contribution in [-0.2, 0) is 6.42 Å². The van der Waals surface area contributed by atoms with Crippen molar-refractivity contribution in [1.82, 2.24) is 4.98 Å². The van der Waals surface area contributed by atoms with Crippen molar-refractivity contribution in [2.75, 3.05) is 5.73 Å². The van der Waals surface area contributed by atoms with Crippen LogP contribution < -0.4 is 11.5 Å². The Bertz CT molecular complexity index is 241. The number of pyridine rings is 1. The second-order valence-electron chi connectivity index (χ2n) is 3.46. The second-order valence-corrected chi connectivity index (χ2v) is 3.46. The predicted octanol–water partition coefficient (Wildman–Crippen LogP) is 1.33. The molecule has 0 aliphatic heterocycles. The summed E-state index contributed by atoms with van der Waals surface area (Å²) in [6.45, 7) is 2.03. The van der Waals surface area contributed by atoms with Gasteiger partial charge >= 0.3 is 0 Å². The molecule has 4 N–H and O–H groups in total. The summed E-state index contributed by atoms with van der Waals surface area (Å²) < 4.78 is 0. The molecule has 1 atom stereocenters. The van der Waals surface area contributed by atoms with E-state index < -0.39 is 0 Å². The van der Waals surface area contributed by atoms with Gasteiger partial charge < -0.3 is 11.5 Å². The highest BCUT2D eigenvalue weighted by Crippen LogP contribution is 2.06. The lowest BCUT2D eigenvalue weighted by atomic mass is 10.1. The maximum Gasteiger partial charge on any atom is 0.123 e. The third-order valence-electron chi connectivity index (χ3n) is 1.97. The van der Waals surface area contributed by atoms with E-state index in [1.54, 1.807) is 0 Å². The van der Waals surface area contributed by atoms with E-state index in [0.717, 1.165) is 19.3 Å². The van der Waals surface area contributed by atoms with Gasteiger partial charge in [-0.3, -0.25) is 0 Å². The van der Waals surface area contributed by atoms with Crippen LogP contribution in [-0.4, -0.2) is 11.0 Å². The van der Waals surface area contributed by atoms with Gasteiger partial charge in [-0.15, -0.1) is 0 Å². The summed E-state index contributed by atoms with van der Waals surface area (Å²) in [6, 6.07) is 4.15. The number of anilines is 1. The van der Waals surface area contributed by atoms with Gasteiger partial charge in [0.15, 0.2) is 0 Å². The Morgan fingerprint density at radius 1 is 1.46 bits per heavy atom. The van der Waals surface area contributed by atoms with E-state index >= 15 is 0 Å². The van der Waals surface area contributed by atoms with E-state index in [2.05, 4.69) is 4.98 Å². The number of nitrogens with zero attached hydrogens (tertiary/aromatic N) is 1. The number of aromatic nitrogens is 1. The zero-order chi connectivity index (χ0) is 9.68. The minimum absolute atomic E-state index is 0.293. The van der Waals surface area contributed by atoms with Gasteiger partial charge in [0.2, 0.25) is 0 Å². The molecule has 0 saturated heterocycles. The first-order chi connectivity index (χ1) is 6.18. The van der Waals surface area contributed by atoms with Crippen LogP contribution in [0, 0.1) is 0 Å². The Kier molecular flexibility index (Phi) is 3.71. The molecule has 3 heteroatoms. The van der Waals surface area contributed by atoms with Crippen LogP contribution in [0.4, 0.5) is 5.82 Å². The fourth-order valence-electron chi connectivity index (χ4n) is 1.21. The van der Waals surface area contributed by atoms with Crippen molar-refractivity contribution in [3.8, 4) is 0 Å². The number of aryl methyl sites for hydroxylation is 1. The molecular weight excluding hydrogens is 162 g/mol. The summed E-state index contributed by atoms with van der Waals surface area (Å²) in [6.07, 6.45) is 5.04. The van der Waals surface area contributed by atoms with Gasteiger partial charge in [-0.25, -0.2) is 4.98 Å². The fraction of sp³-hybridized carbons (Fsp3) is 0.500. The van der Waals surface area contributed by atoms with E-state index in [9.17, 15) is 0 Å². The lowest BCUT2D eigenvalue weighted by Gasteiger charge is -2.04. The maximum absolute atomic E-state index is 5.65. The average molecular weight is 179 g/mol. The molecule has 0 spiro atoms. The molecule has 0 bridgehead atoms. The largest absolute Gasteiger partial charge is 0.384 e. The lowest BCUT2D eigenvalue weighted by Crippen LogP contribution is -2.14. The zero-order valence-corrected chi connectivity index (χ0v) is 8.03. The van der Waals surface area contributed by atoms with Crippen LogP contribution in [0.1, 0.15) is 25.3 Å². The molecule has 0 unspecified atom stereocenters. The first-order valence-electron chi connectivity index (χ1n) is 4.64. The SMILES string of the molecule is C[C@H](N)CCCc1ccc(N)nc1. The lowest BCUT2D eigenvalue weighted by molar-refractivity contribution is 0.624. The second kappa shape index (κ2) is 4.82. The molecule has 1 aromatic heterocycles. The van der Waals surface area contributed by atoms with E-state index in [-0.39, 0.29) is 0 Å². The standard InChI is InChI=1S/C10H17N3/c1-8(11)3-2-4-9-5-6-10(12)13-7-9/h5-8H,2-4,11H2,1H3,(H2,12,13)/t8-/m0/s1. The topological polar surface area (TPSA) is 64.9 Å². The monoisotopic (exact) mass is 179 g/mol. The van der Waals surface area contributed by atoms with Crippen molar-refractivity contribution in [2.45, 2.75) is 32.2 Å². The highest BCUT2D eigenvalue weighted by atomic mass is 14.8. The third-order valence-corrected chi connectivity index (χ3v) is 1.97. The normalized spacial score (nSPS) is 12.8. The van der Waals surface area contributed by atoms with E-state index in [1.165, 1.54) is 5.56 Å². The van der Waals surface area contributed by atoms with Crippen molar-refractivity contribution in [1.29, 1.82) is 0 Å². The summed E-state index contributed by atoms with van der Waals surface area (Å²) in [5, 5.41) is 0. The van der Waals surface area contributed by atoms with E-state index in [4.69, 9.17) is 11.5 Å². The fourth-order valence-corrected chi connectivity index (χ4v) is 1.21. The van der Waals surface area contributed by atoms with Crippen LogP contribution in [0.25, 0.3) is 0 Å². The quantitative estimate of drug-likeness (QED) is 0.733.